The highest BCUT2D eigenvalue weighted by Gasteiger charge is 2.19. The minimum Gasteiger partial charge on any atom is -0.478 e. The molecule has 1 aromatic carbocycles. The van der Waals surface area contributed by atoms with Gasteiger partial charge in [0.2, 0.25) is 0 Å². The Morgan fingerprint density at radius 1 is 1.55 bits per heavy atom. The molecular weight excluding hydrogens is 296 g/mol. The Labute approximate surface area is 126 Å². The first-order valence-corrected chi connectivity index (χ1v) is 7.41. The van der Waals surface area contributed by atoms with Gasteiger partial charge in [-0.2, -0.15) is 0 Å². The summed E-state index contributed by atoms with van der Waals surface area (Å²) in [5.74, 6) is -1.05. The van der Waals surface area contributed by atoms with Crippen molar-refractivity contribution >= 4 is 40.3 Å². The van der Waals surface area contributed by atoms with E-state index in [1.165, 1.54) is 6.07 Å². The summed E-state index contributed by atoms with van der Waals surface area (Å²) in [6.07, 6.45) is 0.820. The smallest absolute Gasteiger partial charge is 0.337 e. The third-order valence-electron chi connectivity index (χ3n) is 2.96. The van der Waals surface area contributed by atoms with Crippen molar-refractivity contribution in [3.05, 3.63) is 45.1 Å². The third-order valence-corrected chi connectivity index (χ3v) is 4.24. The summed E-state index contributed by atoms with van der Waals surface area (Å²) in [6.45, 7) is 2.03. The molecule has 0 radical (unpaired) electrons. The van der Waals surface area contributed by atoms with Gasteiger partial charge in [-0.05, 0) is 30.0 Å². The molecule has 2 aromatic rings. The molecule has 20 heavy (non-hydrogen) atoms. The van der Waals surface area contributed by atoms with E-state index in [-0.39, 0.29) is 11.6 Å². The number of nitrogens with one attached hydrogen (secondary N) is 1. The molecule has 0 fully saturated rings. The highest BCUT2D eigenvalue weighted by Crippen LogP contribution is 2.34. The summed E-state index contributed by atoms with van der Waals surface area (Å²) in [5.41, 5.74) is 6.48. The lowest BCUT2D eigenvalue weighted by molar-refractivity contribution is 0.0698. The summed E-state index contributed by atoms with van der Waals surface area (Å²) in [7, 11) is 0. The molecule has 0 aliphatic heterocycles. The zero-order valence-electron chi connectivity index (χ0n) is 10.9. The lowest BCUT2D eigenvalue weighted by Gasteiger charge is -2.20. The second-order valence-corrected chi connectivity index (χ2v) is 5.74. The molecule has 0 spiro atoms. The molecule has 0 aliphatic rings. The number of rotatable bonds is 5. The Bertz CT molecular complexity index is 614. The van der Waals surface area contributed by atoms with Crippen molar-refractivity contribution in [2.24, 2.45) is 0 Å². The van der Waals surface area contributed by atoms with E-state index in [9.17, 15) is 9.90 Å². The zero-order valence-corrected chi connectivity index (χ0v) is 12.5. The molecule has 0 amide bonds. The SMILES string of the molecule is CCC(Nc1c(Cl)cc(N)cc1C(=O)O)c1cccs1. The molecule has 106 valence electrons. The van der Waals surface area contributed by atoms with Crippen LogP contribution in [0.4, 0.5) is 11.4 Å². The molecule has 1 aromatic heterocycles. The second-order valence-electron chi connectivity index (χ2n) is 4.35. The topological polar surface area (TPSA) is 75.3 Å². The van der Waals surface area contributed by atoms with Crippen LogP contribution in [0, 0.1) is 0 Å². The number of carbonyl (C=O) groups is 1. The fourth-order valence-corrected chi connectivity index (χ4v) is 3.12. The van der Waals surface area contributed by atoms with E-state index in [0.717, 1.165) is 11.3 Å². The Balaban J connectivity index is 2.39. The number of halogens is 1. The maximum absolute atomic E-state index is 11.3. The van der Waals surface area contributed by atoms with Crippen LogP contribution in [0.2, 0.25) is 5.02 Å². The number of thiophene rings is 1. The minimum atomic E-state index is -1.05. The monoisotopic (exact) mass is 310 g/mol. The molecule has 1 unspecified atom stereocenters. The van der Waals surface area contributed by atoms with Crippen molar-refractivity contribution in [2.45, 2.75) is 19.4 Å². The van der Waals surface area contributed by atoms with E-state index >= 15 is 0 Å². The zero-order chi connectivity index (χ0) is 14.7. The van der Waals surface area contributed by atoms with Gasteiger partial charge in [-0.3, -0.25) is 0 Å². The number of nitrogen functional groups attached to an aromatic ring is 1. The van der Waals surface area contributed by atoms with Crippen LogP contribution in [-0.4, -0.2) is 11.1 Å². The summed E-state index contributed by atoms with van der Waals surface area (Å²) in [4.78, 5) is 12.5. The minimum absolute atomic E-state index is 0.0224. The van der Waals surface area contributed by atoms with E-state index in [2.05, 4.69) is 5.32 Å². The first kappa shape index (κ1) is 14.7. The number of aromatic carboxylic acids is 1. The molecule has 0 aliphatic carbocycles. The van der Waals surface area contributed by atoms with Gasteiger partial charge in [-0.25, -0.2) is 4.79 Å². The van der Waals surface area contributed by atoms with Crippen LogP contribution in [-0.2, 0) is 0 Å². The van der Waals surface area contributed by atoms with Gasteiger partial charge in [0.05, 0.1) is 22.3 Å². The third kappa shape index (κ3) is 3.05. The number of carboxylic acid groups (broad SMARTS) is 1. The lowest BCUT2D eigenvalue weighted by Crippen LogP contribution is -2.13. The van der Waals surface area contributed by atoms with Gasteiger partial charge >= 0.3 is 5.97 Å². The van der Waals surface area contributed by atoms with Gasteiger partial charge in [-0.1, -0.05) is 24.6 Å². The molecule has 0 bridgehead atoms. The molecule has 1 heterocycles. The maximum atomic E-state index is 11.3. The standard InChI is InChI=1S/C14H15ClN2O2S/c1-2-11(12-4-3-5-20-12)17-13-9(14(18)19)6-8(16)7-10(13)15/h3-7,11,17H,2,16H2,1H3,(H,18,19). The quantitative estimate of drug-likeness (QED) is 0.722. The Hall–Kier alpha value is -1.72. The number of anilines is 2. The van der Waals surface area contributed by atoms with Crippen LogP contribution in [0.3, 0.4) is 0 Å². The number of benzene rings is 1. The van der Waals surface area contributed by atoms with Gasteiger partial charge in [0.1, 0.15) is 0 Å². The largest absolute Gasteiger partial charge is 0.478 e. The molecule has 6 heteroatoms. The van der Waals surface area contributed by atoms with E-state index in [1.807, 2.05) is 24.4 Å². The lowest BCUT2D eigenvalue weighted by atomic mass is 10.1. The number of hydrogen-bond donors (Lipinski definition) is 3. The predicted molar refractivity (Wildman–Crippen MR) is 83.8 cm³/mol. The summed E-state index contributed by atoms with van der Waals surface area (Å²) in [6, 6.07) is 6.97. The summed E-state index contributed by atoms with van der Waals surface area (Å²) in [5, 5.41) is 14.8. The number of carboxylic acids is 1. The molecular formula is C14H15ClN2O2S. The van der Waals surface area contributed by atoms with Gasteiger partial charge in [0.25, 0.3) is 0 Å². The van der Waals surface area contributed by atoms with Crippen molar-refractivity contribution in [3.8, 4) is 0 Å². The Kier molecular flexibility index (Phi) is 4.52. The fourth-order valence-electron chi connectivity index (χ4n) is 1.98. The number of nitrogens with two attached hydrogens (primary N) is 1. The van der Waals surface area contributed by atoms with E-state index in [1.54, 1.807) is 17.4 Å². The van der Waals surface area contributed by atoms with Crippen LogP contribution >= 0.6 is 22.9 Å². The van der Waals surface area contributed by atoms with E-state index in [0.29, 0.717) is 16.4 Å². The molecule has 1 atom stereocenters. The molecule has 0 saturated carbocycles. The van der Waals surface area contributed by atoms with Gasteiger partial charge in [-0.15, -0.1) is 11.3 Å². The average molecular weight is 311 g/mol. The van der Waals surface area contributed by atoms with Crippen LogP contribution in [0.5, 0.6) is 0 Å². The number of hydrogen-bond acceptors (Lipinski definition) is 4. The normalized spacial score (nSPS) is 12.1. The Morgan fingerprint density at radius 3 is 2.85 bits per heavy atom. The summed E-state index contributed by atoms with van der Waals surface area (Å²) >= 11 is 7.76. The second kappa shape index (κ2) is 6.15. The molecule has 4 nitrogen and oxygen atoms in total. The average Bonchev–Trinajstić information content (AvgIpc) is 2.90. The van der Waals surface area contributed by atoms with Crippen molar-refractivity contribution < 1.29 is 9.90 Å². The first-order valence-electron chi connectivity index (χ1n) is 6.15. The van der Waals surface area contributed by atoms with Crippen LogP contribution in [0.1, 0.15) is 34.6 Å². The van der Waals surface area contributed by atoms with Crippen molar-refractivity contribution in [2.75, 3.05) is 11.1 Å². The molecule has 4 N–H and O–H groups in total. The van der Waals surface area contributed by atoms with E-state index < -0.39 is 5.97 Å². The highest BCUT2D eigenvalue weighted by atomic mass is 35.5. The van der Waals surface area contributed by atoms with Gasteiger partial charge in [0.15, 0.2) is 0 Å². The predicted octanol–water partition coefficient (Wildman–Crippen LogP) is 4.25. The summed E-state index contributed by atoms with van der Waals surface area (Å²) < 4.78 is 0. The van der Waals surface area contributed by atoms with Crippen LogP contribution in [0.15, 0.2) is 29.6 Å². The van der Waals surface area contributed by atoms with Gasteiger partial charge in [0, 0.05) is 10.6 Å². The maximum Gasteiger partial charge on any atom is 0.337 e. The first-order chi connectivity index (χ1) is 9.52. The molecule has 0 saturated heterocycles. The van der Waals surface area contributed by atoms with Crippen LogP contribution < -0.4 is 11.1 Å². The van der Waals surface area contributed by atoms with Crippen molar-refractivity contribution in [3.63, 3.8) is 0 Å². The van der Waals surface area contributed by atoms with Crippen molar-refractivity contribution in [1.82, 2.24) is 0 Å². The van der Waals surface area contributed by atoms with Crippen molar-refractivity contribution in [1.29, 1.82) is 0 Å². The Morgan fingerprint density at radius 2 is 2.30 bits per heavy atom. The van der Waals surface area contributed by atoms with E-state index in [4.69, 9.17) is 17.3 Å². The van der Waals surface area contributed by atoms with Gasteiger partial charge < -0.3 is 16.2 Å². The highest BCUT2D eigenvalue weighted by molar-refractivity contribution is 7.10. The molecule has 2 rings (SSSR count). The van der Waals surface area contributed by atoms with Crippen LogP contribution in [0.25, 0.3) is 0 Å². The fraction of sp³-hybridized carbons (Fsp3) is 0.214.